The van der Waals surface area contributed by atoms with Gasteiger partial charge in [0.2, 0.25) is 5.91 Å². The Morgan fingerprint density at radius 3 is 2.64 bits per heavy atom. The fourth-order valence-corrected chi connectivity index (χ4v) is 3.93. The summed E-state index contributed by atoms with van der Waals surface area (Å²) in [6, 6.07) is 15.7. The number of amides is 1. The van der Waals surface area contributed by atoms with Crippen LogP contribution in [0.4, 0.5) is 5.69 Å². The third kappa shape index (κ3) is 4.66. The predicted octanol–water partition coefficient (Wildman–Crippen LogP) is 3.34. The number of halogens is 3. The Hall–Kier alpha value is -1.66. The highest BCUT2D eigenvalue weighted by molar-refractivity contribution is 6.31. The van der Waals surface area contributed by atoms with Crippen molar-refractivity contribution >= 4 is 48.0 Å². The second-order valence-electron chi connectivity index (χ2n) is 6.86. The number of anilines is 1. The quantitative estimate of drug-likeness (QED) is 0.789. The standard InChI is InChI=1S/C20H22ClN3O2.2ClH/c21-15-6-7-19-18(10-15)23(8-9-26-19)13-20(25)24-11-16(17(22)12-24)14-4-2-1-3-5-14;;/h1-7,10,16-17H,8-9,11-13,22H2;2*1H/t16-,17+;;/m0../s1. The molecule has 2 aromatic rings. The Morgan fingerprint density at radius 1 is 1.14 bits per heavy atom. The average Bonchev–Trinajstić information content (AvgIpc) is 3.05. The SMILES string of the molecule is Cl.Cl.N[C@@H]1CN(C(=O)CN2CCOc3ccc(Cl)cc32)C[C@H]1c1ccccc1. The maximum Gasteiger partial charge on any atom is 0.242 e. The average molecular weight is 445 g/mol. The van der Waals surface area contributed by atoms with E-state index in [0.717, 1.165) is 11.4 Å². The monoisotopic (exact) mass is 443 g/mol. The topological polar surface area (TPSA) is 58.8 Å². The minimum atomic E-state index is -0.0345. The number of hydrogen-bond donors (Lipinski definition) is 1. The van der Waals surface area contributed by atoms with Gasteiger partial charge in [0, 0.05) is 30.1 Å². The second-order valence-corrected chi connectivity index (χ2v) is 7.30. The lowest BCUT2D eigenvalue weighted by molar-refractivity contribution is -0.128. The van der Waals surface area contributed by atoms with Crippen LogP contribution in [0.5, 0.6) is 5.75 Å². The maximum absolute atomic E-state index is 12.9. The number of nitrogens with zero attached hydrogens (tertiary/aromatic N) is 2. The number of rotatable bonds is 3. The number of ether oxygens (including phenoxy) is 1. The first-order valence-electron chi connectivity index (χ1n) is 8.87. The summed E-state index contributed by atoms with van der Waals surface area (Å²) in [5.41, 5.74) is 8.39. The highest BCUT2D eigenvalue weighted by atomic mass is 35.5. The van der Waals surface area contributed by atoms with Crippen molar-refractivity contribution in [1.82, 2.24) is 4.90 Å². The summed E-state index contributed by atoms with van der Waals surface area (Å²) in [6.07, 6.45) is 0. The van der Waals surface area contributed by atoms with Gasteiger partial charge in [-0.1, -0.05) is 41.9 Å². The zero-order valence-electron chi connectivity index (χ0n) is 15.3. The van der Waals surface area contributed by atoms with Crippen LogP contribution in [-0.2, 0) is 4.79 Å². The van der Waals surface area contributed by atoms with Gasteiger partial charge in [-0.3, -0.25) is 4.79 Å². The number of nitrogens with two attached hydrogens (primary N) is 1. The van der Waals surface area contributed by atoms with Crippen molar-refractivity contribution in [2.45, 2.75) is 12.0 Å². The lowest BCUT2D eigenvalue weighted by Crippen LogP contribution is -2.43. The van der Waals surface area contributed by atoms with Crippen molar-refractivity contribution in [2.24, 2.45) is 5.73 Å². The van der Waals surface area contributed by atoms with E-state index in [1.54, 1.807) is 6.07 Å². The normalized spacial score (nSPS) is 20.5. The van der Waals surface area contributed by atoms with Crippen LogP contribution in [0.25, 0.3) is 0 Å². The summed E-state index contributed by atoms with van der Waals surface area (Å²) in [7, 11) is 0. The Labute approximate surface area is 182 Å². The van der Waals surface area contributed by atoms with E-state index in [-0.39, 0.29) is 42.7 Å². The minimum Gasteiger partial charge on any atom is -0.490 e. The molecule has 2 aromatic carbocycles. The smallest absolute Gasteiger partial charge is 0.242 e. The van der Waals surface area contributed by atoms with Crippen LogP contribution in [0.2, 0.25) is 5.02 Å². The van der Waals surface area contributed by atoms with Crippen molar-refractivity contribution in [1.29, 1.82) is 0 Å². The number of benzene rings is 2. The van der Waals surface area contributed by atoms with Crippen LogP contribution >= 0.6 is 36.4 Å². The van der Waals surface area contributed by atoms with Gasteiger partial charge in [0.05, 0.1) is 18.8 Å². The Bertz CT molecular complexity index is 807. The minimum absolute atomic E-state index is 0. The van der Waals surface area contributed by atoms with Gasteiger partial charge in [0.25, 0.3) is 0 Å². The molecule has 2 N–H and O–H groups in total. The molecule has 1 amide bonds. The Kier molecular flexibility index (Phi) is 7.84. The fraction of sp³-hybridized carbons (Fsp3) is 0.350. The molecule has 0 radical (unpaired) electrons. The number of fused-ring (bicyclic) bond motifs is 1. The van der Waals surface area contributed by atoms with Crippen molar-refractivity contribution in [3.05, 3.63) is 59.1 Å². The Morgan fingerprint density at radius 2 is 1.89 bits per heavy atom. The third-order valence-corrected chi connectivity index (χ3v) is 5.39. The van der Waals surface area contributed by atoms with Crippen LogP contribution < -0.4 is 15.4 Å². The van der Waals surface area contributed by atoms with E-state index in [4.69, 9.17) is 22.1 Å². The number of carbonyl (C=O) groups excluding carboxylic acids is 1. The lowest BCUT2D eigenvalue weighted by Gasteiger charge is -2.32. The van der Waals surface area contributed by atoms with Gasteiger partial charge in [-0.25, -0.2) is 0 Å². The van der Waals surface area contributed by atoms with E-state index in [0.29, 0.717) is 37.8 Å². The van der Waals surface area contributed by atoms with Crippen molar-refractivity contribution in [2.75, 3.05) is 37.7 Å². The van der Waals surface area contributed by atoms with Gasteiger partial charge in [0.15, 0.2) is 0 Å². The molecular weight excluding hydrogens is 421 g/mol. The van der Waals surface area contributed by atoms with E-state index in [2.05, 4.69) is 12.1 Å². The molecule has 2 aliphatic heterocycles. The van der Waals surface area contributed by atoms with Crippen LogP contribution in [0.1, 0.15) is 11.5 Å². The third-order valence-electron chi connectivity index (χ3n) is 5.15. The van der Waals surface area contributed by atoms with Gasteiger partial charge in [-0.15, -0.1) is 24.8 Å². The molecule has 4 rings (SSSR count). The summed E-state index contributed by atoms with van der Waals surface area (Å²) in [4.78, 5) is 16.8. The second kappa shape index (κ2) is 9.70. The van der Waals surface area contributed by atoms with Crippen molar-refractivity contribution in [3.63, 3.8) is 0 Å². The molecule has 0 spiro atoms. The highest BCUT2D eigenvalue weighted by Gasteiger charge is 2.34. The molecule has 5 nitrogen and oxygen atoms in total. The first-order chi connectivity index (χ1) is 12.6. The molecule has 0 aliphatic carbocycles. The molecule has 0 saturated carbocycles. The van der Waals surface area contributed by atoms with Gasteiger partial charge in [-0.2, -0.15) is 0 Å². The largest absolute Gasteiger partial charge is 0.490 e. The van der Waals surface area contributed by atoms with E-state index < -0.39 is 0 Å². The molecule has 2 aliphatic rings. The first kappa shape index (κ1) is 22.6. The number of likely N-dealkylation sites (tertiary alicyclic amines) is 1. The van der Waals surface area contributed by atoms with Gasteiger partial charge in [-0.05, 0) is 23.8 Å². The summed E-state index contributed by atoms with van der Waals surface area (Å²) in [5.74, 6) is 1.05. The predicted molar refractivity (Wildman–Crippen MR) is 117 cm³/mol. The zero-order valence-corrected chi connectivity index (χ0v) is 17.7. The molecule has 2 atom stereocenters. The van der Waals surface area contributed by atoms with Gasteiger partial charge in [0.1, 0.15) is 12.4 Å². The summed E-state index contributed by atoms with van der Waals surface area (Å²) >= 11 is 6.12. The lowest BCUT2D eigenvalue weighted by atomic mass is 9.95. The zero-order chi connectivity index (χ0) is 18.1. The van der Waals surface area contributed by atoms with E-state index in [1.807, 2.05) is 40.1 Å². The van der Waals surface area contributed by atoms with Crippen molar-refractivity contribution < 1.29 is 9.53 Å². The molecule has 152 valence electrons. The van der Waals surface area contributed by atoms with Crippen LogP contribution in [0.15, 0.2) is 48.5 Å². The molecule has 1 saturated heterocycles. The molecule has 2 heterocycles. The van der Waals surface area contributed by atoms with Crippen molar-refractivity contribution in [3.8, 4) is 5.75 Å². The van der Waals surface area contributed by atoms with E-state index in [1.165, 1.54) is 5.56 Å². The Balaban J connectivity index is 0.00000140. The molecule has 28 heavy (non-hydrogen) atoms. The summed E-state index contributed by atoms with van der Waals surface area (Å²) in [5, 5.41) is 0.638. The molecule has 0 unspecified atom stereocenters. The van der Waals surface area contributed by atoms with E-state index in [9.17, 15) is 4.79 Å². The van der Waals surface area contributed by atoms with Crippen LogP contribution in [0.3, 0.4) is 0 Å². The summed E-state index contributed by atoms with van der Waals surface area (Å²) < 4.78 is 5.66. The summed E-state index contributed by atoms with van der Waals surface area (Å²) in [6.45, 7) is 2.79. The maximum atomic E-state index is 12.9. The number of carbonyl (C=O) groups is 1. The van der Waals surface area contributed by atoms with Gasteiger partial charge < -0.3 is 20.3 Å². The van der Waals surface area contributed by atoms with Crippen LogP contribution in [0, 0.1) is 0 Å². The van der Waals surface area contributed by atoms with Crippen LogP contribution in [-0.4, -0.2) is 49.6 Å². The number of hydrogen-bond acceptors (Lipinski definition) is 4. The molecular formula is C20H24Cl3N3O2. The first-order valence-corrected chi connectivity index (χ1v) is 9.25. The fourth-order valence-electron chi connectivity index (χ4n) is 3.76. The molecule has 1 fully saturated rings. The molecule has 0 bridgehead atoms. The molecule has 8 heteroatoms. The highest BCUT2D eigenvalue weighted by Crippen LogP contribution is 2.34. The molecule has 0 aromatic heterocycles. The van der Waals surface area contributed by atoms with Gasteiger partial charge >= 0.3 is 0 Å². The van der Waals surface area contributed by atoms with E-state index >= 15 is 0 Å².